The van der Waals surface area contributed by atoms with Crippen molar-refractivity contribution >= 4 is 17.3 Å². The number of methoxy groups -OCH3 is 1. The van der Waals surface area contributed by atoms with Gasteiger partial charge in [-0.2, -0.15) is 0 Å². The lowest BCUT2D eigenvalue weighted by molar-refractivity contribution is 0.0746. The maximum absolute atomic E-state index is 12.7. The van der Waals surface area contributed by atoms with Crippen molar-refractivity contribution in [2.75, 3.05) is 56.7 Å². The highest BCUT2D eigenvalue weighted by atomic mass is 16.5. The van der Waals surface area contributed by atoms with Crippen LogP contribution in [0.5, 0.6) is 0 Å². The van der Waals surface area contributed by atoms with Crippen molar-refractivity contribution in [3.05, 3.63) is 54.4 Å². The Kier molecular flexibility index (Phi) is 5.85. The second-order valence-corrected chi connectivity index (χ2v) is 6.00. The smallest absolute Gasteiger partial charge is 0.255 e. The first-order chi connectivity index (χ1) is 12.3. The van der Waals surface area contributed by atoms with E-state index in [-0.39, 0.29) is 5.91 Å². The minimum absolute atomic E-state index is 0.0376. The van der Waals surface area contributed by atoms with Crippen molar-refractivity contribution in [2.45, 2.75) is 0 Å². The molecule has 1 aromatic heterocycles. The van der Waals surface area contributed by atoms with Crippen LogP contribution in [-0.2, 0) is 4.74 Å². The molecule has 0 radical (unpaired) electrons. The van der Waals surface area contributed by atoms with Gasteiger partial charge in [0.05, 0.1) is 17.9 Å². The lowest BCUT2D eigenvalue weighted by Gasteiger charge is -2.36. The molecule has 0 bridgehead atoms. The number of nitrogens with zero attached hydrogens (tertiary/aromatic N) is 3. The number of rotatable bonds is 6. The number of carbonyl (C=O) groups excluding carboxylic acids is 1. The van der Waals surface area contributed by atoms with E-state index < -0.39 is 0 Å². The molecule has 6 nitrogen and oxygen atoms in total. The van der Waals surface area contributed by atoms with Crippen LogP contribution in [0.4, 0.5) is 11.4 Å². The number of benzene rings is 1. The normalized spacial score (nSPS) is 14.4. The first-order valence-corrected chi connectivity index (χ1v) is 8.55. The minimum atomic E-state index is 0.0376. The fourth-order valence-corrected chi connectivity index (χ4v) is 2.94. The summed E-state index contributed by atoms with van der Waals surface area (Å²) in [5, 5.41) is 3.21. The van der Waals surface area contributed by atoms with Gasteiger partial charge >= 0.3 is 0 Å². The van der Waals surface area contributed by atoms with Gasteiger partial charge < -0.3 is 19.9 Å². The molecule has 1 saturated heterocycles. The molecule has 1 amide bonds. The summed E-state index contributed by atoms with van der Waals surface area (Å²) in [6.07, 6.45) is 3.35. The average molecular weight is 340 g/mol. The van der Waals surface area contributed by atoms with E-state index in [0.29, 0.717) is 18.7 Å². The quantitative estimate of drug-likeness (QED) is 0.816. The zero-order chi connectivity index (χ0) is 17.5. The van der Waals surface area contributed by atoms with Crippen LogP contribution in [0.2, 0.25) is 0 Å². The summed E-state index contributed by atoms with van der Waals surface area (Å²) in [4.78, 5) is 21.1. The zero-order valence-corrected chi connectivity index (χ0v) is 14.5. The van der Waals surface area contributed by atoms with Crippen molar-refractivity contribution in [1.29, 1.82) is 0 Å². The number of amides is 1. The number of carbonyl (C=O) groups is 1. The van der Waals surface area contributed by atoms with E-state index in [0.717, 1.165) is 31.9 Å². The van der Waals surface area contributed by atoms with E-state index in [2.05, 4.69) is 27.3 Å². The SMILES string of the molecule is COCCNc1cncc(C(=O)N2CCN(c3ccccc3)CC2)c1. The monoisotopic (exact) mass is 340 g/mol. The summed E-state index contributed by atoms with van der Waals surface area (Å²) in [7, 11) is 1.66. The summed E-state index contributed by atoms with van der Waals surface area (Å²) in [6.45, 7) is 4.42. The van der Waals surface area contributed by atoms with Crippen LogP contribution in [0.1, 0.15) is 10.4 Å². The van der Waals surface area contributed by atoms with Crippen LogP contribution >= 0.6 is 0 Å². The summed E-state index contributed by atoms with van der Waals surface area (Å²) >= 11 is 0. The molecule has 1 aliphatic rings. The van der Waals surface area contributed by atoms with Crippen molar-refractivity contribution < 1.29 is 9.53 Å². The topological polar surface area (TPSA) is 57.7 Å². The molecule has 1 N–H and O–H groups in total. The van der Waals surface area contributed by atoms with E-state index in [1.54, 1.807) is 19.5 Å². The van der Waals surface area contributed by atoms with E-state index in [1.165, 1.54) is 5.69 Å². The van der Waals surface area contributed by atoms with Crippen LogP contribution in [0.25, 0.3) is 0 Å². The maximum atomic E-state index is 12.7. The third-order valence-corrected chi connectivity index (χ3v) is 4.31. The minimum Gasteiger partial charge on any atom is -0.383 e. The van der Waals surface area contributed by atoms with E-state index in [4.69, 9.17) is 4.74 Å². The highest BCUT2D eigenvalue weighted by Gasteiger charge is 2.22. The molecule has 0 atom stereocenters. The summed E-state index contributed by atoms with van der Waals surface area (Å²) in [6, 6.07) is 12.2. The van der Waals surface area contributed by atoms with Crippen molar-refractivity contribution in [1.82, 2.24) is 9.88 Å². The summed E-state index contributed by atoms with van der Waals surface area (Å²) < 4.78 is 5.02. The standard InChI is InChI=1S/C19H24N4O2/c1-25-12-7-21-17-13-16(14-20-15-17)19(24)23-10-8-22(9-11-23)18-5-3-2-4-6-18/h2-6,13-15,21H,7-12H2,1H3. The van der Waals surface area contributed by atoms with Gasteiger partial charge in [-0.25, -0.2) is 0 Å². The lowest BCUT2D eigenvalue weighted by Crippen LogP contribution is -2.48. The van der Waals surface area contributed by atoms with Crippen LogP contribution in [0.15, 0.2) is 48.8 Å². The molecule has 2 aromatic rings. The molecule has 25 heavy (non-hydrogen) atoms. The van der Waals surface area contributed by atoms with Crippen LogP contribution in [0.3, 0.4) is 0 Å². The van der Waals surface area contributed by atoms with Gasteiger partial charge in [-0.1, -0.05) is 18.2 Å². The maximum Gasteiger partial charge on any atom is 0.255 e. The largest absolute Gasteiger partial charge is 0.383 e. The molecule has 0 saturated carbocycles. The van der Waals surface area contributed by atoms with Crippen molar-refractivity contribution in [3.63, 3.8) is 0 Å². The molecule has 0 aliphatic carbocycles. The number of hydrogen-bond acceptors (Lipinski definition) is 5. The Morgan fingerprint density at radius 2 is 1.92 bits per heavy atom. The fourth-order valence-electron chi connectivity index (χ4n) is 2.94. The number of ether oxygens (including phenoxy) is 1. The highest BCUT2D eigenvalue weighted by Crippen LogP contribution is 2.17. The van der Waals surface area contributed by atoms with E-state index >= 15 is 0 Å². The molecule has 0 unspecified atom stereocenters. The Morgan fingerprint density at radius 3 is 2.64 bits per heavy atom. The number of pyridine rings is 1. The molecular formula is C19H24N4O2. The Balaban J connectivity index is 1.58. The zero-order valence-electron chi connectivity index (χ0n) is 14.5. The Bertz CT molecular complexity index is 685. The molecule has 1 fully saturated rings. The molecule has 1 aliphatic heterocycles. The van der Waals surface area contributed by atoms with Crippen LogP contribution in [0, 0.1) is 0 Å². The molecule has 3 rings (SSSR count). The first kappa shape index (κ1) is 17.2. The third kappa shape index (κ3) is 4.48. The van der Waals surface area contributed by atoms with Gasteiger partial charge in [-0.05, 0) is 18.2 Å². The second-order valence-electron chi connectivity index (χ2n) is 6.00. The number of anilines is 2. The molecule has 6 heteroatoms. The Hall–Kier alpha value is -2.60. The van der Waals surface area contributed by atoms with Gasteiger partial charge in [0.25, 0.3) is 5.91 Å². The fraction of sp³-hybridized carbons (Fsp3) is 0.368. The number of piperazine rings is 1. The van der Waals surface area contributed by atoms with Gasteiger partial charge in [-0.3, -0.25) is 9.78 Å². The van der Waals surface area contributed by atoms with Gasteiger partial charge in [0, 0.05) is 57.9 Å². The van der Waals surface area contributed by atoms with Crippen molar-refractivity contribution in [2.24, 2.45) is 0 Å². The Morgan fingerprint density at radius 1 is 1.16 bits per heavy atom. The van der Waals surface area contributed by atoms with Crippen LogP contribution in [-0.4, -0.2) is 62.2 Å². The number of nitrogens with one attached hydrogen (secondary N) is 1. The number of para-hydroxylation sites is 1. The lowest BCUT2D eigenvalue weighted by atomic mass is 10.2. The van der Waals surface area contributed by atoms with Crippen molar-refractivity contribution in [3.8, 4) is 0 Å². The van der Waals surface area contributed by atoms with Gasteiger partial charge in [0.1, 0.15) is 0 Å². The summed E-state index contributed by atoms with van der Waals surface area (Å²) in [5.74, 6) is 0.0376. The predicted molar refractivity (Wildman–Crippen MR) is 99.2 cm³/mol. The summed E-state index contributed by atoms with van der Waals surface area (Å²) in [5.41, 5.74) is 2.67. The number of hydrogen-bond donors (Lipinski definition) is 1. The Labute approximate surface area is 148 Å². The van der Waals surface area contributed by atoms with Crippen LogP contribution < -0.4 is 10.2 Å². The van der Waals surface area contributed by atoms with Gasteiger partial charge in [0.2, 0.25) is 0 Å². The predicted octanol–water partition coefficient (Wildman–Crippen LogP) is 2.10. The second kappa shape index (κ2) is 8.48. The van der Waals surface area contributed by atoms with Gasteiger partial charge in [0.15, 0.2) is 0 Å². The molecule has 2 heterocycles. The molecule has 1 aromatic carbocycles. The van der Waals surface area contributed by atoms with Gasteiger partial charge in [-0.15, -0.1) is 0 Å². The molecular weight excluding hydrogens is 316 g/mol. The number of aromatic nitrogens is 1. The molecule has 132 valence electrons. The molecule has 0 spiro atoms. The first-order valence-electron chi connectivity index (χ1n) is 8.55. The van der Waals surface area contributed by atoms with E-state index in [9.17, 15) is 4.79 Å². The highest BCUT2D eigenvalue weighted by molar-refractivity contribution is 5.95. The third-order valence-electron chi connectivity index (χ3n) is 4.31. The average Bonchev–Trinajstić information content (AvgIpc) is 2.69. The van der Waals surface area contributed by atoms with E-state index in [1.807, 2.05) is 29.2 Å².